The maximum atomic E-state index is 12.7. The smallest absolute Gasteiger partial charge is 0.260 e. The Morgan fingerprint density at radius 3 is 2.65 bits per heavy atom. The van der Waals surface area contributed by atoms with Crippen LogP contribution in [0, 0.1) is 0 Å². The molecule has 3 heterocycles. The molecule has 5 rings (SSSR count). The molecule has 2 aromatic heterocycles. The molecule has 8 nitrogen and oxygen atoms in total. The lowest BCUT2D eigenvalue weighted by molar-refractivity contribution is 0.122. The summed E-state index contributed by atoms with van der Waals surface area (Å²) < 4.78 is 5.41. The molecule has 4 aromatic rings. The maximum Gasteiger partial charge on any atom is 0.260 e. The number of pyridine rings is 1. The molecular weight excluding hydrogens is 392 g/mol. The fourth-order valence-corrected chi connectivity index (χ4v) is 3.74. The Morgan fingerprint density at radius 2 is 1.87 bits per heavy atom. The van der Waals surface area contributed by atoms with Gasteiger partial charge in [-0.05, 0) is 42.5 Å². The number of anilines is 4. The van der Waals surface area contributed by atoms with Crippen LogP contribution in [-0.4, -0.2) is 41.3 Å². The van der Waals surface area contributed by atoms with Gasteiger partial charge in [-0.1, -0.05) is 12.1 Å². The molecule has 1 aliphatic rings. The molecule has 0 bridgehead atoms. The number of nitrogens with zero attached hydrogens (tertiary/aromatic N) is 3. The SMILES string of the molecule is Nc1cccc(-c2nccc3c(=O)[nH]c(Nc4ccc(N5CCOCC5)cc4)nc23)c1. The van der Waals surface area contributed by atoms with Crippen LogP contribution in [0.5, 0.6) is 0 Å². The van der Waals surface area contributed by atoms with E-state index in [1.807, 2.05) is 48.5 Å². The van der Waals surface area contributed by atoms with Crippen molar-refractivity contribution in [3.05, 3.63) is 71.1 Å². The minimum atomic E-state index is -0.231. The Hall–Kier alpha value is -3.91. The van der Waals surface area contributed by atoms with Gasteiger partial charge in [0.15, 0.2) is 0 Å². The molecule has 1 saturated heterocycles. The summed E-state index contributed by atoms with van der Waals surface area (Å²) in [6.45, 7) is 3.25. The third-order valence-corrected chi connectivity index (χ3v) is 5.29. The number of fused-ring (bicyclic) bond motifs is 1. The number of aromatic amines is 1. The van der Waals surface area contributed by atoms with Crippen molar-refractivity contribution in [1.82, 2.24) is 15.0 Å². The predicted octanol–water partition coefficient (Wildman–Crippen LogP) is 3.15. The summed E-state index contributed by atoms with van der Waals surface area (Å²) in [5, 5.41) is 3.67. The number of ether oxygens (including phenoxy) is 1. The fraction of sp³-hybridized carbons (Fsp3) is 0.174. The van der Waals surface area contributed by atoms with E-state index in [-0.39, 0.29) is 5.56 Å². The van der Waals surface area contributed by atoms with E-state index in [1.165, 1.54) is 0 Å². The normalized spacial score (nSPS) is 14.0. The largest absolute Gasteiger partial charge is 0.399 e. The Morgan fingerprint density at radius 1 is 1.06 bits per heavy atom. The van der Waals surface area contributed by atoms with Gasteiger partial charge in [0.1, 0.15) is 5.52 Å². The van der Waals surface area contributed by atoms with Gasteiger partial charge < -0.3 is 20.7 Å². The molecule has 0 atom stereocenters. The fourth-order valence-electron chi connectivity index (χ4n) is 3.74. The van der Waals surface area contributed by atoms with Crippen LogP contribution >= 0.6 is 0 Å². The Labute approximate surface area is 178 Å². The van der Waals surface area contributed by atoms with Crippen LogP contribution in [0.3, 0.4) is 0 Å². The first-order valence-electron chi connectivity index (χ1n) is 10.1. The van der Waals surface area contributed by atoms with Crippen molar-refractivity contribution < 1.29 is 4.74 Å². The summed E-state index contributed by atoms with van der Waals surface area (Å²) in [7, 11) is 0. The number of hydrogen-bond donors (Lipinski definition) is 3. The van der Waals surface area contributed by atoms with E-state index >= 15 is 0 Å². The van der Waals surface area contributed by atoms with Crippen LogP contribution < -0.4 is 21.5 Å². The molecule has 4 N–H and O–H groups in total. The predicted molar refractivity (Wildman–Crippen MR) is 123 cm³/mol. The van der Waals surface area contributed by atoms with Gasteiger partial charge in [-0.15, -0.1) is 0 Å². The molecule has 8 heteroatoms. The van der Waals surface area contributed by atoms with Crippen molar-refractivity contribution in [2.75, 3.05) is 42.3 Å². The van der Waals surface area contributed by atoms with Crippen molar-refractivity contribution in [3.8, 4) is 11.3 Å². The summed E-state index contributed by atoms with van der Waals surface area (Å²) in [5.41, 5.74) is 10.2. The molecular formula is C23H22N6O2. The van der Waals surface area contributed by atoms with Gasteiger partial charge in [-0.2, -0.15) is 0 Å². The monoisotopic (exact) mass is 414 g/mol. The molecule has 0 amide bonds. The topological polar surface area (TPSA) is 109 Å². The number of nitrogens with one attached hydrogen (secondary N) is 2. The van der Waals surface area contributed by atoms with Crippen LogP contribution in [0.25, 0.3) is 22.2 Å². The second-order valence-electron chi connectivity index (χ2n) is 7.37. The van der Waals surface area contributed by atoms with Gasteiger partial charge in [0.2, 0.25) is 5.95 Å². The van der Waals surface area contributed by atoms with E-state index in [9.17, 15) is 4.79 Å². The van der Waals surface area contributed by atoms with E-state index in [0.29, 0.717) is 28.2 Å². The minimum absolute atomic E-state index is 0.231. The molecule has 156 valence electrons. The second kappa shape index (κ2) is 8.08. The Balaban J connectivity index is 1.48. The molecule has 1 aliphatic heterocycles. The number of nitrogens with two attached hydrogens (primary N) is 1. The number of rotatable bonds is 4. The standard InChI is InChI=1S/C23H22N6O2/c24-16-3-1-2-15(14-16)20-21-19(8-9-25-20)22(30)28-23(27-21)26-17-4-6-18(7-5-17)29-10-12-31-13-11-29/h1-9,14H,10-13,24H2,(H2,26,27,28,30). The highest BCUT2D eigenvalue weighted by atomic mass is 16.5. The zero-order valence-corrected chi connectivity index (χ0v) is 16.8. The first-order chi connectivity index (χ1) is 15.2. The lowest BCUT2D eigenvalue weighted by Gasteiger charge is -2.28. The van der Waals surface area contributed by atoms with Crippen LogP contribution in [-0.2, 0) is 4.74 Å². The number of nitrogen functional groups attached to an aromatic ring is 1. The van der Waals surface area contributed by atoms with Crippen LogP contribution in [0.4, 0.5) is 23.0 Å². The lowest BCUT2D eigenvalue weighted by atomic mass is 10.1. The summed E-state index contributed by atoms with van der Waals surface area (Å²) in [6.07, 6.45) is 1.61. The highest BCUT2D eigenvalue weighted by molar-refractivity contribution is 5.91. The van der Waals surface area contributed by atoms with Gasteiger partial charge in [-0.3, -0.25) is 14.8 Å². The number of morpholine rings is 1. The third-order valence-electron chi connectivity index (χ3n) is 5.29. The van der Waals surface area contributed by atoms with Crippen molar-refractivity contribution in [3.63, 3.8) is 0 Å². The van der Waals surface area contributed by atoms with Crippen LogP contribution in [0.15, 0.2) is 65.6 Å². The van der Waals surface area contributed by atoms with Gasteiger partial charge in [-0.25, -0.2) is 4.98 Å². The van der Waals surface area contributed by atoms with Gasteiger partial charge in [0, 0.05) is 41.9 Å². The first-order valence-corrected chi connectivity index (χ1v) is 10.1. The number of hydrogen-bond acceptors (Lipinski definition) is 7. The molecule has 1 fully saturated rings. The van der Waals surface area contributed by atoms with Gasteiger partial charge in [0.05, 0.1) is 24.3 Å². The van der Waals surface area contributed by atoms with E-state index in [0.717, 1.165) is 43.2 Å². The van der Waals surface area contributed by atoms with E-state index in [4.69, 9.17) is 10.5 Å². The number of H-pyrrole nitrogens is 1. The Bertz CT molecular complexity index is 1280. The van der Waals surface area contributed by atoms with E-state index in [2.05, 4.69) is 25.2 Å². The summed E-state index contributed by atoms with van der Waals surface area (Å²) in [6, 6.07) is 17.1. The number of aromatic nitrogens is 3. The maximum absolute atomic E-state index is 12.7. The van der Waals surface area contributed by atoms with Gasteiger partial charge >= 0.3 is 0 Å². The minimum Gasteiger partial charge on any atom is -0.399 e. The Kier molecular flexibility index (Phi) is 4.97. The van der Waals surface area contributed by atoms with Crippen molar-refractivity contribution in [2.24, 2.45) is 0 Å². The third kappa shape index (κ3) is 3.93. The second-order valence-corrected chi connectivity index (χ2v) is 7.37. The highest BCUT2D eigenvalue weighted by Gasteiger charge is 2.13. The summed E-state index contributed by atoms with van der Waals surface area (Å²) >= 11 is 0. The number of benzene rings is 2. The molecule has 0 radical (unpaired) electrons. The van der Waals surface area contributed by atoms with Crippen molar-refractivity contribution in [1.29, 1.82) is 0 Å². The molecule has 31 heavy (non-hydrogen) atoms. The molecule has 0 unspecified atom stereocenters. The first kappa shape index (κ1) is 19.1. The van der Waals surface area contributed by atoms with Crippen LogP contribution in [0.2, 0.25) is 0 Å². The summed E-state index contributed by atoms with van der Waals surface area (Å²) in [5.74, 6) is 0.356. The van der Waals surface area contributed by atoms with Crippen molar-refractivity contribution in [2.45, 2.75) is 0 Å². The highest BCUT2D eigenvalue weighted by Crippen LogP contribution is 2.26. The molecule has 0 spiro atoms. The zero-order valence-electron chi connectivity index (χ0n) is 16.8. The average Bonchev–Trinajstić information content (AvgIpc) is 2.80. The van der Waals surface area contributed by atoms with Gasteiger partial charge in [0.25, 0.3) is 5.56 Å². The summed E-state index contributed by atoms with van der Waals surface area (Å²) in [4.78, 5) is 26.9. The van der Waals surface area contributed by atoms with Crippen molar-refractivity contribution >= 4 is 33.9 Å². The molecule has 0 aliphatic carbocycles. The zero-order chi connectivity index (χ0) is 21.2. The van der Waals surface area contributed by atoms with Crippen LogP contribution in [0.1, 0.15) is 0 Å². The quantitative estimate of drug-likeness (QED) is 0.440. The molecule has 2 aromatic carbocycles. The average molecular weight is 414 g/mol. The molecule has 0 saturated carbocycles. The van der Waals surface area contributed by atoms with E-state index in [1.54, 1.807) is 12.3 Å². The van der Waals surface area contributed by atoms with E-state index < -0.39 is 0 Å². The lowest BCUT2D eigenvalue weighted by Crippen LogP contribution is -2.36.